The lowest BCUT2D eigenvalue weighted by Crippen LogP contribution is -2.14. The fraction of sp³-hybridized carbons (Fsp3) is 0.188. The molecule has 0 aliphatic rings. The van der Waals surface area contributed by atoms with Crippen molar-refractivity contribution in [1.82, 2.24) is 0 Å². The number of benzene rings is 2. The predicted octanol–water partition coefficient (Wildman–Crippen LogP) is 3.62. The molecule has 2 aromatic carbocycles. The molecule has 116 valence electrons. The normalized spacial score (nSPS) is 10.2. The molecule has 0 atom stereocenters. The number of methoxy groups -OCH3 is 1. The fourth-order valence-corrected chi connectivity index (χ4v) is 1.92. The maximum Gasteiger partial charge on any atom is 0.259 e. The zero-order valence-corrected chi connectivity index (χ0v) is 12.2. The van der Waals surface area contributed by atoms with E-state index in [9.17, 15) is 13.6 Å². The lowest BCUT2D eigenvalue weighted by Gasteiger charge is -2.13. The van der Waals surface area contributed by atoms with Crippen molar-refractivity contribution in [3.63, 3.8) is 0 Å². The van der Waals surface area contributed by atoms with Crippen LogP contribution in [0.25, 0.3) is 0 Å². The van der Waals surface area contributed by atoms with E-state index in [4.69, 9.17) is 9.47 Å². The second-order valence-electron chi connectivity index (χ2n) is 4.37. The molecule has 4 nitrogen and oxygen atoms in total. The number of halogens is 2. The van der Waals surface area contributed by atoms with Gasteiger partial charge in [-0.25, -0.2) is 8.78 Å². The molecule has 0 spiro atoms. The summed E-state index contributed by atoms with van der Waals surface area (Å²) in [7, 11) is 1.38. The molecule has 0 unspecified atom stereocenters. The summed E-state index contributed by atoms with van der Waals surface area (Å²) in [6.07, 6.45) is 0. The highest BCUT2D eigenvalue weighted by atomic mass is 19.1. The van der Waals surface area contributed by atoms with Crippen molar-refractivity contribution in [2.75, 3.05) is 19.0 Å². The summed E-state index contributed by atoms with van der Waals surface area (Å²) in [5.41, 5.74) is 0.328. The van der Waals surface area contributed by atoms with Crippen LogP contribution in [0.1, 0.15) is 17.3 Å². The van der Waals surface area contributed by atoms with E-state index in [1.165, 1.54) is 37.4 Å². The zero-order chi connectivity index (χ0) is 16.1. The summed E-state index contributed by atoms with van der Waals surface area (Å²) in [4.78, 5) is 12.3. The smallest absolute Gasteiger partial charge is 0.259 e. The van der Waals surface area contributed by atoms with Gasteiger partial charge in [0.1, 0.15) is 23.1 Å². The lowest BCUT2D eigenvalue weighted by molar-refractivity contribution is 0.102. The number of hydrogen-bond acceptors (Lipinski definition) is 3. The Morgan fingerprint density at radius 3 is 2.45 bits per heavy atom. The Morgan fingerprint density at radius 2 is 1.77 bits per heavy atom. The van der Waals surface area contributed by atoms with Gasteiger partial charge in [-0.05, 0) is 37.3 Å². The van der Waals surface area contributed by atoms with Crippen LogP contribution in [-0.2, 0) is 0 Å². The van der Waals surface area contributed by atoms with Gasteiger partial charge in [-0.3, -0.25) is 4.79 Å². The first-order chi connectivity index (χ1) is 10.5. The Kier molecular flexibility index (Phi) is 4.93. The van der Waals surface area contributed by atoms with E-state index in [-0.39, 0.29) is 17.1 Å². The molecule has 0 saturated carbocycles. The molecular formula is C16H15F2NO3. The molecule has 1 N–H and O–H groups in total. The van der Waals surface area contributed by atoms with Crippen molar-refractivity contribution < 1.29 is 23.0 Å². The second-order valence-corrected chi connectivity index (χ2v) is 4.37. The first-order valence-corrected chi connectivity index (χ1v) is 6.62. The molecular weight excluding hydrogens is 292 g/mol. The van der Waals surface area contributed by atoms with Crippen molar-refractivity contribution in [3.8, 4) is 11.5 Å². The van der Waals surface area contributed by atoms with Gasteiger partial charge in [0, 0.05) is 6.07 Å². The molecule has 6 heteroatoms. The molecule has 0 aromatic heterocycles. The van der Waals surface area contributed by atoms with Gasteiger partial charge in [0.2, 0.25) is 0 Å². The Balaban J connectivity index is 2.31. The highest BCUT2D eigenvalue weighted by Crippen LogP contribution is 2.27. The average molecular weight is 307 g/mol. The van der Waals surface area contributed by atoms with Crippen LogP contribution >= 0.6 is 0 Å². The third-order valence-corrected chi connectivity index (χ3v) is 2.90. The zero-order valence-electron chi connectivity index (χ0n) is 12.2. The summed E-state index contributed by atoms with van der Waals surface area (Å²) in [6, 6.07) is 7.36. The van der Waals surface area contributed by atoms with Crippen molar-refractivity contribution in [1.29, 1.82) is 0 Å². The average Bonchev–Trinajstić information content (AvgIpc) is 2.50. The maximum absolute atomic E-state index is 13.3. The van der Waals surface area contributed by atoms with Gasteiger partial charge < -0.3 is 14.8 Å². The van der Waals surface area contributed by atoms with Crippen LogP contribution in [0.5, 0.6) is 11.5 Å². The third kappa shape index (κ3) is 3.52. The molecule has 0 fully saturated rings. The van der Waals surface area contributed by atoms with E-state index < -0.39 is 17.5 Å². The first kappa shape index (κ1) is 15.8. The minimum Gasteiger partial charge on any atom is -0.496 e. The Hall–Kier alpha value is -2.63. The number of ether oxygens (including phenoxy) is 2. The van der Waals surface area contributed by atoms with Crippen LogP contribution in [-0.4, -0.2) is 19.6 Å². The molecule has 0 saturated heterocycles. The van der Waals surface area contributed by atoms with Gasteiger partial charge in [0.05, 0.1) is 25.0 Å². The van der Waals surface area contributed by atoms with Gasteiger partial charge in [-0.2, -0.15) is 0 Å². The molecule has 0 heterocycles. The molecule has 0 aliphatic carbocycles. The summed E-state index contributed by atoms with van der Waals surface area (Å²) in [5, 5.41) is 2.56. The monoisotopic (exact) mass is 307 g/mol. The largest absolute Gasteiger partial charge is 0.496 e. The molecule has 22 heavy (non-hydrogen) atoms. The van der Waals surface area contributed by atoms with Crippen molar-refractivity contribution in [3.05, 3.63) is 53.6 Å². The van der Waals surface area contributed by atoms with Crippen LogP contribution in [0.15, 0.2) is 36.4 Å². The van der Waals surface area contributed by atoms with Gasteiger partial charge >= 0.3 is 0 Å². The number of nitrogens with one attached hydrogen (secondary N) is 1. The number of amides is 1. The predicted molar refractivity (Wildman–Crippen MR) is 78.5 cm³/mol. The quantitative estimate of drug-likeness (QED) is 0.917. The lowest BCUT2D eigenvalue weighted by atomic mass is 10.1. The summed E-state index contributed by atoms with van der Waals surface area (Å²) in [5.74, 6) is -1.19. The Labute approximate surface area is 126 Å². The van der Waals surface area contributed by atoms with Crippen molar-refractivity contribution in [2.24, 2.45) is 0 Å². The van der Waals surface area contributed by atoms with E-state index in [1.54, 1.807) is 6.92 Å². The molecule has 1 amide bonds. The molecule has 0 bridgehead atoms. The summed E-state index contributed by atoms with van der Waals surface area (Å²) in [6.45, 7) is 2.06. The van der Waals surface area contributed by atoms with Crippen molar-refractivity contribution >= 4 is 11.6 Å². The summed E-state index contributed by atoms with van der Waals surface area (Å²) >= 11 is 0. The SMILES string of the molecule is CCOc1cc(F)ccc1NC(=O)c1cc(F)ccc1OC. The number of anilines is 1. The third-order valence-electron chi connectivity index (χ3n) is 2.90. The molecule has 0 aliphatic heterocycles. The molecule has 0 radical (unpaired) electrons. The maximum atomic E-state index is 13.3. The minimum atomic E-state index is -0.580. The van der Waals surface area contributed by atoms with Crippen LogP contribution in [0.3, 0.4) is 0 Å². The van der Waals surface area contributed by atoms with E-state index in [2.05, 4.69) is 5.32 Å². The van der Waals surface area contributed by atoms with E-state index in [1.807, 2.05) is 0 Å². The van der Waals surface area contributed by atoms with Crippen LogP contribution in [0.2, 0.25) is 0 Å². The second kappa shape index (κ2) is 6.89. The Morgan fingerprint density at radius 1 is 1.09 bits per heavy atom. The Bertz CT molecular complexity index is 689. The van der Waals surface area contributed by atoms with Gasteiger partial charge in [0.15, 0.2) is 0 Å². The van der Waals surface area contributed by atoms with Gasteiger partial charge in [0.25, 0.3) is 5.91 Å². The van der Waals surface area contributed by atoms with Crippen LogP contribution in [0.4, 0.5) is 14.5 Å². The number of hydrogen-bond donors (Lipinski definition) is 1. The van der Waals surface area contributed by atoms with Gasteiger partial charge in [-0.1, -0.05) is 0 Å². The summed E-state index contributed by atoms with van der Waals surface area (Å²) < 4.78 is 36.9. The van der Waals surface area contributed by atoms with Crippen LogP contribution in [0, 0.1) is 11.6 Å². The highest BCUT2D eigenvalue weighted by molar-refractivity contribution is 6.06. The van der Waals surface area contributed by atoms with E-state index >= 15 is 0 Å². The number of carbonyl (C=O) groups is 1. The van der Waals surface area contributed by atoms with E-state index in [0.29, 0.717) is 12.3 Å². The first-order valence-electron chi connectivity index (χ1n) is 6.62. The van der Waals surface area contributed by atoms with E-state index in [0.717, 1.165) is 6.07 Å². The van der Waals surface area contributed by atoms with Gasteiger partial charge in [-0.15, -0.1) is 0 Å². The standard InChI is InChI=1S/C16H15F2NO3/c1-3-22-15-9-11(18)4-6-13(15)19-16(20)12-8-10(17)5-7-14(12)21-2/h4-9H,3H2,1-2H3,(H,19,20). The van der Waals surface area contributed by atoms with Crippen LogP contribution < -0.4 is 14.8 Å². The molecule has 2 aromatic rings. The fourth-order valence-electron chi connectivity index (χ4n) is 1.92. The number of rotatable bonds is 5. The number of carbonyl (C=O) groups excluding carboxylic acids is 1. The topological polar surface area (TPSA) is 47.6 Å². The van der Waals surface area contributed by atoms with Crippen molar-refractivity contribution in [2.45, 2.75) is 6.92 Å². The highest BCUT2D eigenvalue weighted by Gasteiger charge is 2.16. The molecule has 2 rings (SSSR count). The minimum absolute atomic E-state index is 0.0364.